The first-order chi connectivity index (χ1) is 31.4. The van der Waals surface area contributed by atoms with Gasteiger partial charge >= 0.3 is 0 Å². The van der Waals surface area contributed by atoms with Crippen molar-refractivity contribution in [2.24, 2.45) is 0 Å². The van der Waals surface area contributed by atoms with Crippen LogP contribution in [0.15, 0.2) is 34.1 Å². The number of hydrogen-bond donors (Lipinski definition) is 0. The Hall–Kier alpha value is 3.14. The molecule has 0 spiro atoms. The van der Waals surface area contributed by atoms with Crippen LogP contribution in [0.5, 0.6) is 0 Å². The fraction of sp³-hybridized carbons (Fsp3) is 0.778. The molecule has 0 saturated carbocycles. The maximum absolute atomic E-state index is 2.89. The second-order valence-corrected chi connectivity index (χ2v) is 112. The average Bonchev–Trinajstić information content (AvgIpc) is 3.00. The third kappa shape index (κ3) is 19.4. The van der Waals surface area contributed by atoms with Crippen LogP contribution in [0.4, 0.5) is 0 Å². The Bertz CT molecular complexity index is 1770. The van der Waals surface area contributed by atoms with Gasteiger partial charge in [-0.15, -0.1) is 0 Å². The molecule has 2 aromatic carbocycles. The maximum atomic E-state index is 2.89. The lowest BCUT2D eigenvalue weighted by atomic mass is 10.1. The lowest BCUT2D eigenvalue weighted by molar-refractivity contribution is 1.01. The van der Waals surface area contributed by atoms with Crippen LogP contribution in [0.3, 0.4) is 0 Å². The average molecular weight is 1300 g/mol. The van der Waals surface area contributed by atoms with Gasteiger partial charge in [0.1, 0.15) is 0 Å². The van der Waals surface area contributed by atoms with Crippen molar-refractivity contribution < 1.29 is 0 Å². The first-order valence-electron chi connectivity index (χ1n) is 27.7. The van der Waals surface area contributed by atoms with E-state index in [2.05, 4.69) is 321 Å². The predicted molar refractivity (Wildman–Crippen MR) is 392 cm³/mol. The second kappa shape index (κ2) is 24.5. The molecule has 72 heavy (non-hydrogen) atoms. The Morgan fingerprint density at radius 1 is 0.208 bits per heavy atom. The van der Waals surface area contributed by atoms with Gasteiger partial charge < -0.3 is 0 Å². The molecular formula is C54H118S6Si12. The molecule has 0 saturated heterocycles. The van der Waals surface area contributed by atoms with Gasteiger partial charge in [0.15, 0.2) is 0 Å². The van der Waals surface area contributed by atoms with Gasteiger partial charge in [-0.3, -0.25) is 0 Å². The van der Waals surface area contributed by atoms with Gasteiger partial charge in [0.25, 0.3) is 0 Å². The van der Waals surface area contributed by atoms with Crippen molar-refractivity contribution in [3.05, 3.63) is 57.6 Å². The van der Waals surface area contributed by atoms with Crippen molar-refractivity contribution in [1.29, 1.82) is 0 Å². The predicted octanol–water partition coefficient (Wildman–Crippen LogP) is 24.1. The third-order valence-corrected chi connectivity index (χ3v) is 81.5. The van der Waals surface area contributed by atoms with Crippen molar-refractivity contribution in [2.75, 3.05) is 0 Å². The highest BCUT2D eigenvalue weighted by Crippen LogP contribution is 2.61. The molecule has 0 aliphatic heterocycles. The lowest BCUT2D eigenvalue weighted by Gasteiger charge is -2.45. The van der Waals surface area contributed by atoms with Crippen LogP contribution in [0.1, 0.15) is 64.4 Å². The molecule has 18 heteroatoms. The highest BCUT2D eigenvalue weighted by atomic mass is 33.9. The molecule has 0 bridgehead atoms. The quantitative estimate of drug-likeness (QED) is 0.0548. The normalized spacial score (nSPS) is 15.2. The monoisotopic (exact) mass is 1290 g/mol. The summed E-state index contributed by atoms with van der Waals surface area (Å²) in [6.45, 7) is 97.2. The molecule has 0 fully saturated rings. The van der Waals surface area contributed by atoms with Gasteiger partial charge in [-0.1, -0.05) is 260 Å². The van der Waals surface area contributed by atoms with E-state index in [1.54, 1.807) is 43.2 Å². The van der Waals surface area contributed by atoms with Crippen LogP contribution in [0.25, 0.3) is 0 Å². The standard InChI is InChI=1S/C54H118S6Si12/c1-61(2,3)49(62(4,5)6)41-37-43(51(65(13,14)15)66(16,17)18)47(44(38-41)52(67(19,20)21)68(22,23)24)55-57-59-60-58-56-48-45(53(69(25,26)27)70(28,29)30)39-42(50(63(7,8)9)64(10,11)12)40-46(48)54(71(31,32)33)72(34,35)36/h37-40,49-54H,1-36H3. The molecule has 0 unspecified atom stereocenters. The van der Waals surface area contributed by atoms with Gasteiger partial charge in [0, 0.05) is 107 Å². The molecular weight excluding hydrogens is 1180 g/mol. The smallest absolute Gasteiger partial charge is 0.0493 e. The van der Waals surface area contributed by atoms with Crippen LogP contribution in [0, 0.1) is 0 Å². The van der Waals surface area contributed by atoms with Crippen LogP contribution in [-0.4, -0.2) is 96.9 Å². The molecule has 0 amide bonds. The second-order valence-electron chi connectivity index (χ2n) is 35.5. The number of benzene rings is 2. The number of hydrogen-bond acceptors (Lipinski definition) is 6. The minimum Gasteiger partial charge on any atom is -0.0693 e. The minimum absolute atomic E-state index is 0.708. The van der Waals surface area contributed by atoms with Crippen LogP contribution < -0.4 is 0 Å². The van der Waals surface area contributed by atoms with E-state index in [4.69, 9.17) is 0 Å². The Balaban J connectivity index is 3.09. The zero-order valence-corrected chi connectivity index (χ0v) is 71.1. The summed E-state index contributed by atoms with van der Waals surface area (Å²) in [7, 11) is -6.47. The summed E-state index contributed by atoms with van der Waals surface area (Å²) >= 11 is 0. The van der Waals surface area contributed by atoms with Crippen LogP contribution in [-0.2, 0) is 0 Å². The molecule has 0 aliphatic carbocycles. The molecule has 418 valence electrons. The molecule has 2 rings (SSSR count). The summed E-state index contributed by atoms with van der Waals surface area (Å²) < 4.78 is 0. The van der Waals surface area contributed by atoms with E-state index < -0.39 is 96.9 Å². The molecule has 0 nitrogen and oxygen atoms in total. The Morgan fingerprint density at radius 2 is 0.347 bits per heavy atom. The zero-order chi connectivity index (χ0) is 57.2. The van der Waals surface area contributed by atoms with Crippen molar-refractivity contribution in [3.63, 3.8) is 0 Å². The molecule has 2 aromatic rings. The highest BCUT2D eigenvalue weighted by Gasteiger charge is 2.49. The van der Waals surface area contributed by atoms with Gasteiger partial charge in [0.05, 0.1) is 0 Å². The summed E-state index contributed by atoms with van der Waals surface area (Å²) in [6, 6.07) is 11.6. The Labute approximate surface area is 486 Å². The van der Waals surface area contributed by atoms with Crippen molar-refractivity contribution in [1.82, 2.24) is 0 Å². The molecule has 0 radical (unpaired) electrons. The van der Waals surface area contributed by atoms with E-state index in [0.29, 0.717) is 20.7 Å². The summed E-state index contributed by atoms with van der Waals surface area (Å²) in [5.74, 6) is 0. The van der Waals surface area contributed by atoms with Gasteiger partial charge in [0.2, 0.25) is 0 Å². The van der Waals surface area contributed by atoms with Gasteiger partial charge in [-0.05, 0) is 125 Å². The molecule has 0 aliphatic rings. The minimum atomic E-state index is -1.63. The molecule has 0 heterocycles. The van der Waals surface area contributed by atoms with E-state index in [0.717, 1.165) is 10.3 Å². The summed E-state index contributed by atoms with van der Waals surface area (Å²) in [6.07, 6.45) is 0. The topological polar surface area (TPSA) is 0 Å². The fourth-order valence-corrected chi connectivity index (χ4v) is 105. The lowest BCUT2D eigenvalue weighted by Crippen LogP contribution is -2.49. The Morgan fingerprint density at radius 3 is 0.472 bits per heavy atom. The fourth-order valence-electron chi connectivity index (χ4n) is 16.4. The van der Waals surface area contributed by atoms with Gasteiger partial charge in [-0.2, -0.15) is 0 Å². The van der Waals surface area contributed by atoms with Crippen LogP contribution in [0.2, 0.25) is 236 Å². The SMILES string of the molecule is C[Si](C)(C)C(c1cc(C([Si](C)(C)C)[Si](C)(C)C)c(SSSSSSc2c(C([Si](C)(C)C)[Si](C)(C)C)cc(C([Si](C)(C)C)[Si](C)(C)C)cc2C([Si](C)(C)C)[Si](C)(C)C)c(C([Si](C)(C)C)[Si](C)(C)C)c1)[Si](C)(C)C. The highest BCUT2D eigenvalue weighted by molar-refractivity contribution is 9.41. The van der Waals surface area contributed by atoms with Crippen molar-refractivity contribution in [2.45, 2.75) is 276 Å². The first-order valence-corrected chi connectivity index (χ1v) is 78.2. The largest absolute Gasteiger partial charge is 0.0693 e. The van der Waals surface area contributed by atoms with E-state index in [1.165, 1.54) is 0 Å². The summed E-state index contributed by atoms with van der Waals surface area (Å²) in [5, 5.41) is 4.31. The Kier molecular flexibility index (Phi) is 24.3. The summed E-state index contributed by atoms with van der Waals surface area (Å²) in [4.78, 5) is 3.40. The maximum Gasteiger partial charge on any atom is 0.0493 e. The van der Waals surface area contributed by atoms with Crippen molar-refractivity contribution in [3.8, 4) is 0 Å². The van der Waals surface area contributed by atoms with Gasteiger partial charge in [-0.25, -0.2) is 0 Å². The van der Waals surface area contributed by atoms with E-state index in [-0.39, 0.29) is 0 Å². The zero-order valence-electron chi connectivity index (χ0n) is 54.2. The molecule has 0 atom stereocenters. The van der Waals surface area contributed by atoms with Crippen molar-refractivity contribution >= 4 is 158 Å². The summed E-state index contributed by atoms with van der Waals surface area (Å²) in [5.41, 5.74) is 10.6. The molecule has 0 N–H and O–H groups in total. The van der Waals surface area contributed by atoms with E-state index >= 15 is 0 Å². The number of rotatable bonds is 25. The molecule has 0 aromatic heterocycles. The third-order valence-electron chi connectivity index (χ3n) is 15.0. The van der Waals surface area contributed by atoms with Crippen LogP contribution >= 0.6 is 60.9 Å². The first kappa shape index (κ1) is 71.2. The van der Waals surface area contributed by atoms with E-state index in [9.17, 15) is 0 Å². The van der Waals surface area contributed by atoms with E-state index in [1.807, 2.05) is 0 Å².